The Morgan fingerprint density at radius 2 is 1.61 bits per heavy atom. The second-order valence-corrected chi connectivity index (χ2v) is 5.30. The van der Waals surface area contributed by atoms with Crippen molar-refractivity contribution in [3.63, 3.8) is 0 Å². The minimum atomic E-state index is 0.580. The summed E-state index contributed by atoms with van der Waals surface area (Å²) >= 11 is 1.22. The van der Waals surface area contributed by atoms with Crippen LogP contribution in [-0.4, -0.2) is 30.1 Å². The first kappa shape index (κ1) is 15.3. The molecule has 0 aliphatic carbocycles. The lowest BCUT2D eigenvalue weighted by atomic mass is 10.1. The summed E-state index contributed by atoms with van der Waals surface area (Å²) in [6.45, 7) is 0. The average Bonchev–Trinajstić information content (AvgIpc) is 3.06. The first-order valence-corrected chi connectivity index (χ1v) is 7.69. The van der Waals surface area contributed by atoms with Crippen LogP contribution in [0.2, 0.25) is 0 Å². The van der Waals surface area contributed by atoms with E-state index < -0.39 is 0 Å². The van der Waals surface area contributed by atoms with Crippen molar-refractivity contribution >= 4 is 34.9 Å². The largest absolute Gasteiger partial charge is 0.493 e. The highest BCUT2D eigenvalue weighted by atomic mass is 32.1. The molecule has 0 amide bonds. The van der Waals surface area contributed by atoms with Crippen LogP contribution in [0, 0.1) is 0 Å². The summed E-state index contributed by atoms with van der Waals surface area (Å²) in [6.07, 6.45) is 3.98. The van der Waals surface area contributed by atoms with Gasteiger partial charge in [0.2, 0.25) is 5.75 Å². The van der Waals surface area contributed by atoms with E-state index >= 15 is 0 Å². The number of hydrogen-bond donors (Lipinski definition) is 0. The average molecular weight is 328 g/mol. The molecule has 0 fully saturated rings. The summed E-state index contributed by atoms with van der Waals surface area (Å²) in [5, 5.41) is 0. The topological polar surface area (TPSA) is 53.5 Å². The van der Waals surface area contributed by atoms with Gasteiger partial charge in [0.25, 0.3) is 0 Å². The van der Waals surface area contributed by atoms with Crippen molar-refractivity contribution in [2.75, 3.05) is 21.3 Å². The van der Waals surface area contributed by atoms with E-state index in [4.69, 9.17) is 14.2 Å². The van der Waals surface area contributed by atoms with Gasteiger partial charge >= 0.3 is 0 Å². The van der Waals surface area contributed by atoms with Gasteiger partial charge in [-0.15, -0.1) is 0 Å². The third-order valence-corrected chi connectivity index (χ3v) is 4.02. The predicted octanol–water partition coefficient (Wildman–Crippen LogP) is 3.89. The third kappa shape index (κ3) is 2.98. The number of fused-ring (bicyclic) bond motifs is 1. The number of methoxy groups -OCH3 is 3. The van der Waals surface area contributed by atoms with Crippen molar-refractivity contribution in [2.24, 2.45) is 0 Å². The summed E-state index contributed by atoms with van der Waals surface area (Å²) in [5.74, 6) is 1.85. The molecule has 5 nitrogen and oxygen atoms in total. The summed E-state index contributed by atoms with van der Waals surface area (Å²) in [6, 6.07) is 9.76. The molecule has 3 aromatic rings. The summed E-state index contributed by atoms with van der Waals surface area (Å²) in [4.78, 5) is 0. The zero-order chi connectivity index (χ0) is 16.2. The molecule has 1 heterocycles. The Bertz CT molecular complexity index is 858. The SMILES string of the molecule is COc1ccc(/C=C/c2ccc3nsnc3c2)c(OC)c1OC. The number of ether oxygens (including phenoxy) is 3. The van der Waals surface area contributed by atoms with Gasteiger partial charge in [0.15, 0.2) is 11.5 Å². The maximum Gasteiger partial charge on any atom is 0.203 e. The lowest BCUT2D eigenvalue weighted by Crippen LogP contribution is -1.96. The van der Waals surface area contributed by atoms with Crippen LogP contribution in [0.4, 0.5) is 0 Å². The Labute approximate surface area is 138 Å². The Hall–Kier alpha value is -2.60. The van der Waals surface area contributed by atoms with E-state index in [-0.39, 0.29) is 0 Å². The van der Waals surface area contributed by atoms with Gasteiger partial charge in [0.1, 0.15) is 11.0 Å². The highest BCUT2D eigenvalue weighted by Crippen LogP contribution is 2.40. The lowest BCUT2D eigenvalue weighted by Gasteiger charge is -2.14. The molecule has 0 saturated carbocycles. The Balaban J connectivity index is 1.97. The van der Waals surface area contributed by atoms with E-state index in [1.165, 1.54) is 11.7 Å². The molecule has 118 valence electrons. The molecule has 0 atom stereocenters. The van der Waals surface area contributed by atoms with E-state index in [9.17, 15) is 0 Å². The van der Waals surface area contributed by atoms with Gasteiger partial charge in [-0.05, 0) is 29.8 Å². The summed E-state index contributed by atoms with van der Waals surface area (Å²) in [7, 11) is 4.81. The highest BCUT2D eigenvalue weighted by molar-refractivity contribution is 7.00. The van der Waals surface area contributed by atoms with Crippen LogP contribution in [0.15, 0.2) is 30.3 Å². The van der Waals surface area contributed by atoms with Crippen molar-refractivity contribution in [2.45, 2.75) is 0 Å². The fraction of sp³-hybridized carbons (Fsp3) is 0.176. The van der Waals surface area contributed by atoms with E-state index in [2.05, 4.69) is 8.75 Å². The number of nitrogens with zero attached hydrogens (tertiary/aromatic N) is 2. The molecule has 2 aromatic carbocycles. The van der Waals surface area contributed by atoms with Gasteiger partial charge in [-0.3, -0.25) is 0 Å². The lowest BCUT2D eigenvalue weighted by molar-refractivity contribution is 0.324. The predicted molar refractivity (Wildman–Crippen MR) is 92.4 cm³/mol. The van der Waals surface area contributed by atoms with Crippen LogP contribution in [0.1, 0.15) is 11.1 Å². The minimum Gasteiger partial charge on any atom is -0.493 e. The van der Waals surface area contributed by atoms with Crippen molar-refractivity contribution in [1.29, 1.82) is 0 Å². The molecule has 3 rings (SSSR count). The molecule has 0 radical (unpaired) electrons. The van der Waals surface area contributed by atoms with Gasteiger partial charge < -0.3 is 14.2 Å². The van der Waals surface area contributed by atoms with Crippen LogP contribution in [0.3, 0.4) is 0 Å². The van der Waals surface area contributed by atoms with Crippen molar-refractivity contribution in [3.8, 4) is 17.2 Å². The molecule has 1 aromatic heterocycles. The van der Waals surface area contributed by atoms with Crippen LogP contribution in [0.5, 0.6) is 17.2 Å². The normalized spacial score (nSPS) is 11.1. The second kappa shape index (κ2) is 6.66. The molecular formula is C17H16N2O3S. The first-order valence-electron chi connectivity index (χ1n) is 6.96. The molecular weight excluding hydrogens is 312 g/mol. The molecule has 0 bridgehead atoms. The molecule has 0 N–H and O–H groups in total. The van der Waals surface area contributed by atoms with Crippen molar-refractivity contribution in [1.82, 2.24) is 8.75 Å². The smallest absolute Gasteiger partial charge is 0.203 e. The third-order valence-electron chi connectivity index (χ3n) is 3.47. The van der Waals surface area contributed by atoms with Gasteiger partial charge in [0, 0.05) is 5.56 Å². The molecule has 0 saturated heterocycles. The van der Waals surface area contributed by atoms with E-state index in [0.717, 1.165) is 22.2 Å². The zero-order valence-corrected chi connectivity index (χ0v) is 13.9. The number of benzene rings is 2. The molecule has 0 spiro atoms. The van der Waals surface area contributed by atoms with Crippen LogP contribution >= 0.6 is 11.7 Å². The van der Waals surface area contributed by atoms with Crippen LogP contribution < -0.4 is 14.2 Å². The number of aromatic nitrogens is 2. The van der Waals surface area contributed by atoms with Crippen LogP contribution in [-0.2, 0) is 0 Å². The minimum absolute atomic E-state index is 0.580. The molecule has 0 aliphatic heterocycles. The molecule has 0 aliphatic rings. The molecule has 0 unspecified atom stereocenters. The fourth-order valence-electron chi connectivity index (χ4n) is 2.34. The second-order valence-electron chi connectivity index (χ2n) is 4.77. The maximum absolute atomic E-state index is 5.48. The van der Waals surface area contributed by atoms with E-state index in [1.54, 1.807) is 21.3 Å². The number of hydrogen-bond acceptors (Lipinski definition) is 6. The maximum atomic E-state index is 5.48. The Morgan fingerprint density at radius 1 is 0.826 bits per heavy atom. The van der Waals surface area contributed by atoms with Crippen molar-refractivity contribution < 1.29 is 14.2 Å². The highest BCUT2D eigenvalue weighted by Gasteiger charge is 2.14. The molecule has 23 heavy (non-hydrogen) atoms. The summed E-state index contributed by atoms with van der Waals surface area (Å²) < 4.78 is 24.6. The Morgan fingerprint density at radius 3 is 2.35 bits per heavy atom. The Kier molecular flexibility index (Phi) is 4.43. The number of rotatable bonds is 5. The van der Waals surface area contributed by atoms with Crippen molar-refractivity contribution in [3.05, 3.63) is 41.5 Å². The monoisotopic (exact) mass is 328 g/mol. The van der Waals surface area contributed by atoms with E-state index in [0.29, 0.717) is 17.2 Å². The summed E-state index contributed by atoms with van der Waals surface area (Å²) in [5.41, 5.74) is 3.76. The zero-order valence-electron chi connectivity index (χ0n) is 13.1. The quantitative estimate of drug-likeness (QED) is 0.665. The van der Waals surface area contributed by atoms with Gasteiger partial charge in [-0.1, -0.05) is 18.2 Å². The van der Waals surface area contributed by atoms with Gasteiger partial charge in [-0.2, -0.15) is 8.75 Å². The standard InChI is InChI=1S/C17H16N2O3S/c1-20-15-9-7-12(16(21-2)17(15)22-3)6-4-11-5-8-13-14(10-11)19-23-18-13/h4-10H,1-3H3/b6-4+. The molecule has 6 heteroatoms. The van der Waals surface area contributed by atoms with E-state index in [1.807, 2.05) is 42.5 Å². The fourth-order valence-corrected chi connectivity index (χ4v) is 2.86. The van der Waals surface area contributed by atoms with Crippen LogP contribution in [0.25, 0.3) is 23.2 Å². The van der Waals surface area contributed by atoms with Gasteiger partial charge in [0.05, 0.1) is 33.1 Å². The first-order chi connectivity index (χ1) is 11.3. The van der Waals surface area contributed by atoms with Gasteiger partial charge in [-0.25, -0.2) is 0 Å².